The lowest BCUT2D eigenvalue weighted by Gasteiger charge is -2.24. The smallest absolute Gasteiger partial charge is 0.0635 e. The minimum absolute atomic E-state index is 0.576. The van der Waals surface area contributed by atoms with Crippen molar-refractivity contribution < 1.29 is 4.74 Å². The normalized spacial score (nSPS) is 20.9. The summed E-state index contributed by atoms with van der Waals surface area (Å²) in [7, 11) is 0. The lowest BCUT2D eigenvalue weighted by molar-refractivity contribution is 0.0579. The van der Waals surface area contributed by atoms with E-state index in [4.69, 9.17) is 10.00 Å². The minimum Gasteiger partial charge on any atom is -0.380 e. The fourth-order valence-electron chi connectivity index (χ4n) is 1.14. The average molecular weight is 169 g/mol. The Morgan fingerprint density at radius 1 is 1.50 bits per heavy atom. The number of hydrogen-bond acceptors (Lipinski definition) is 4. The van der Waals surface area contributed by atoms with Gasteiger partial charge in [-0.3, -0.25) is 5.43 Å². The lowest BCUT2D eigenvalue weighted by Crippen LogP contribution is -2.43. The molecule has 12 heavy (non-hydrogen) atoms. The van der Waals surface area contributed by atoms with Gasteiger partial charge < -0.3 is 4.74 Å². The summed E-state index contributed by atoms with van der Waals surface area (Å²) in [5.41, 5.74) is 3.26. The summed E-state index contributed by atoms with van der Waals surface area (Å²) < 4.78 is 5.32. The van der Waals surface area contributed by atoms with Crippen LogP contribution in [0, 0.1) is 11.3 Å². The van der Waals surface area contributed by atoms with Crippen LogP contribution in [0.4, 0.5) is 0 Å². The van der Waals surface area contributed by atoms with Crippen molar-refractivity contribution in [3.63, 3.8) is 0 Å². The van der Waals surface area contributed by atoms with Crippen molar-refractivity contribution in [2.24, 2.45) is 0 Å². The van der Waals surface area contributed by atoms with Crippen LogP contribution in [0.3, 0.4) is 0 Å². The predicted octanol–water partition coefficient (Wildman–Crippen LogP) is 0.127. The highest BCUT2D eigenvalue weighted by Gasteiger charge is 2.05. The highest BCUT2D eigenvalue weighted by molar-refractivity contribution is 4.71. The van der Waals surface area contributed by atoms with Gasteiger partial charge in [0.1, 0.15) is 0 Å². The van der Waals surface area contributed by atoms with E-state index in [-0.39, 0.29) is 0 Å². The van der Waals surface area contributed by atoms with E-state index in [2.05, 4.69) is 16.5 Å². The Bertz CT molecular complexity index is 147. The number of nitrogens with one attached hydrogen (secondary N) is 1. The molecule has 4 nitrogen and oxygen atoms in total. The monoisotopic (exact) mass is 169 g/mol. The largest absolute Gasteiger partial charge is 0.380 e. The third kappa shape index (κ3) is 3.67. The maximum absolute atomic E-state index is 8.39. The van der Waals surface area contributed by atoms with E-state index in [9.17, 15) is 0 Å². The van der Waals surface area contributed by atoms with Gasteiger partial charge in [0.2, 0.25) is 0 Å². The standard InChI is InChI=1S/C8H15N3O/c9-3-1-5-11-6-8-12-7-2-4-10-11/h10H,1-2,4-8H2. The quantitative estimate of drug-likeness (QED) is 0.638. The van der Waals surface area contributed by atoms with Gasteiger partial charge in [-0.25, -0.2) is 5.01 Å². The van der Waals surface area contributed by atoms with Gasteiger partial charge in [0.15, 0.2) is 0 Å². The van der Waals surface area contributed by atoms with E-state index in [0.29, 0.717) is 6.42 Å². The van der Waals surface area contributed by atoms with E-state index in [1.807, 2.05) is 0 Å². The third-order valence-electron chi connectivity index (χ3n) is 1.80. The molecule has 0 radical (unpaired) electrons. The van der Waals surface area contributed by atoms with Crippen LogP contribution in [0.1, 0.15) is 12.8 Å². The van der Waals surface area contributed by atoms with Gasteiger partial charge >= 0.3 is 0 Å². The molecule has 0 saturated carbocycles. The predicted molar refractivity (Wildman–Crippen MR) is 45.2 cm³/mol. The van der Waals surface area contributed by atoms with Gasteiger partial charge in [0, 0.05) is 32.7 Å². The van der Waals surface area contributed by atoms with Gasteiger partial charge in [0.05, 0.1) is 12.7 Å². The average Bonchev–Trinajstić information content (AvgIpc) is 2.02. The molecule has 0 aromatic rings. The van der Waals surface area contributed by atoms with E-state index < -0.39 is 0 Å². The van der Waals surface area contributed by atoms with Crippen molar-refractivity contribution >= 4 is 0 Å². The fraction of sp³-hybridized carbons (Fsp3) is 0.875. The second kappa shape index (κ2) is 5.95. The summed E-state index contributed by atoms with van der Waals surface area (Å²) in [6.07, 6.45) is 1.62. The van der Waals surface area contributed by atoms with Crippen molar-refractivity contribution in [1.29, 1.82) is 5.26 Å². The lowest BCUT2D eigenvalue weighted by atomic mass is 10.4. The van der Waals surface area contributed by atoms with Gasteiger partial charge in [-0.2, -0.15) is 5.26 Å². The topological polar surface area (TPSA) is 48.3 Å². The zero-order valence-corrected chi connectivity index (χ0v) is 7.25. The van der Waals surface area contributed by atoms with Gasteiger partial charge in [0.25, 0.3) is 0 Å². The number of hydrogen-bond donors (Lipinski definition) is 1. The number of nitrogens with zero attached hydrogens (tertiary/aromatic N) is 2. The molecule has 4 heteroatoms. The summed E-state index contributed by atoms with van der Waals surface area (Å²) in [5.74, 6) is 0. The SMILES string of the molecule is N#CCCN1CCOCCCN1. The van der Waals surface area contributed by atoms with Crippen molar-refractivity contribution in [2.45, 2.75) is 12.8 Å². The minimum atomic E-state index is 0.576. The van der Waals surface area contributed by atoms with E-state index >= 15 is 0 Å². The van der Waals surface area contributed by atoms with Crippen LogP contribution >= 0.6 is 0 Å². The van der Waals surface area contributed by atoms with Crippen LogP contribution in [0.25, 0.3) is 0 Å². The molecule has 1 heterocycles. The van der Waals surface area contributed by atoms with Crippen molar-refractivity contribution in [2.75, 3.05) is 32.8 Å². The highest BCUT2D eigenvalue weighted by atomic mass is 16.5. The Morgan fingerprint density at radius 2 is 2.42 bits per heavy atom. The molecular formula is C8H15N3O. The maximum atomic E-state index is 8.39. The van der Waals surface area contributed by atoms with Crippen LogP contribution in [0.15, 0.2) is 0 Å². The molecule has 1 aliphatic heterocycles. The number of rotatable bonds is 2. The summed E-state index contributed by atoms with van der Waals surface area (Å²) in [4.78, 5) is 0. The van der Waals surface area contributed by atoms with Crippen LogP contribution < -0.4 is 5.43 Å². The first-order valence-electron chi connectivity index (χ1n) is 4.36. The van der Waals surface area contributed by atoms with Gasteiger partial charge in [-0.15, -0.1) is 0 Å². The van der Waals surface area contributed by atoms with E-state index in [1.165, 1.54) is 0 Å². The van der Waals surface area contributed by atoms with Crippen LogP contribution in [-0.2, 0) is 4.74 Å². The summed E-state index contributed by atoms with van der Waals surface area (Å²) in [5, 5.41) is 10.4. The number of hydrazine groups is 1. The molecule has 1 saturated heterocycles. The fourth-order valence-corrected chi connectivity index (χ4v) is 1.14. The Morgan fingerprint density at radius 3 is 3.25 bits per heavy atom. The summed E-state index contributed by atoms with van der Waals surface area (Å²) >= 11 is 0. The Kier molecular flexibility index (Phi) is 4.69. The molecule has 0 aromatic heterocycles. The molecular weight excluding hydrogens is 154 g/mol. The summed E-state index contributed by atoms with van der Waals surface area (Å²) in [6, 6.07) is 2.13. The maximum Gasteiger partial charge on any atom is 0.0635 e. The van der Waals surface area contributed by atoms with Crippen molar-refractivity contribution in [1.82, 2.24) is 10.4 Å². The summed E-state index contributed by atoms with van der Waals surface area (Å²) in [6.45, 7) is 4.23. The molecule has 68 valence electrons. The second-order valence-corrected chi connectivity index (χ2v) is 2.77. The Balaban J connectivity index is 2.16. The van der Waals surface area contributed by atoms with Gasteiger partial charge in [-0.05, 0) is 6.42 Å². The van der Waals surface area contributed by atoms with Crippen LogP contribution in [-0.4, -0.2) is 37.9 Å². The molecule has 1 aliphatic rings. The van der Waals surface area contributed by atoms with Crippen LogP contribution in [0.2, 0.25) is 0 Å². The van der Waals surface area contributed by atoms with Gasteiger partial charge in [-0.1, -0.05) is 0 Å². The molecule has 1 fully saturated rings. The number of ether oxygens (including phenoxy) is 1. The second-order valence-electron chi connectivity index (χ2n) is 2.77. The van der Waals surface area contributed by atoms with E-state index in [0.717, 1.165) is 39.3 Å². The zero-order valence-electron chi connectivity index (χ0n) is 7.25. The molecule has 0 amide bonds. The molecule has 0 unspecified atom stereocenters. The highest BCUT2D eigenvalue weighted by Crippen LogP contribution is 1.92. The molecule has 0 atom stereocenters. The number of nitriles is 1. The molecule has 1 N–H and O–H groups in total. The van der Waals surface area contributed by atoms with Crippen molar-refractivity contribution in [3.8, 4) is 6.07 Å². The zero-order chi connectivity index (χ0) is 8.65. The molecule has 0 bridgehead atoms. The Labute approximate surface area is 73.1 Å². The van der Waals surface area contributed by atoms with Crippen LogP contribution in [0.5, 0.6) is 0 Å². The molecule has 0 aromatic carbocycles. The Hall–Kier alpha value is -0.630. The molecule has 0 aliphatic carbocycles. The first kappa shape index (κ1) is 9.46. The van der Waals surface area contributed by atoms with Crippen molar-refractivity contribution in [3.05, 3.63) is 0 Å². The third-order valence-corrected chi connectivity index (χ3v) is 1.80. The first-order valence-corrected chi connectivity index (χ1v) is 4.36. The molecule has 0 spiro atoms. The molecule has 1 rings (SSSR count). The van der Waals surface area contributed by atoms with E-state index in [1.54, 1.807) is 0 Å². The first-order chi connectivity index (χ1) is 5.93.